The molecule has 12 aromatic rings. The van der Waals surface area contributed by atoms with Gasteiger partial charge in [0.05, 0.1) is 16.6 Å². The fraction of sp³-hybridized carbons (Fsp3) is 0.179. The highest BCUT2D eigenvalue weighted by Gasteiger charge is 2.22. The summed E-state index contributed by atoms with van der Waals surface area (Å²) < 4.78 is 4.98. The smallest absolute Gasteiger partial charge is 0.0541 e. The van der Waals surface area contributed by atoms with E-state index < -0.39 is 0 Å². The van der Waals surface area contributed by atoms with E-state index in [1.165, 1.54) is 152 Å². The van der Waals surface area contributed by atoms with Gasteiger partial charge in [-0.15, -0.1) is 0 Å². The normalized spacial score (nSPS) is 12.4. The summed E-state index contributed by atoms with van der Waals surface area (Å²) in [5.41, 5.74) is 29.3. The van der Waals surface area contributed by atoms with Crippen molar-refractivity contribution in [3.8, 4) is 78.1 Å². The third-order valence-electron chi connectivity index (χ3n) is 16.8. The number of nitrogens with zero attached hydrogens (tertiary/aromatic N) is 2. The van der Waals surface area contributed by atoms with Crippen molar-refractivity contribution in [2.45, 2.75) is 92.9 Å². The van der Waals surface area contributed by atoms with E-state index in [2.05, 4.69) is 274 Å². The minimum Gasteiger partial charge on any atom is -0.313 e. The Morgan fingerprint density at radius 1 is 0.412 bits per heavy atom. The second kappa shape index (κ2) is 22.6. The topological polar surface area (TPSA) is 9.86 Å². The van der Waals surface area contributed by atoms with Gasteiger partial charge in [0, 0.05) is 38.8 Å². The van der Waals surface area contributed by atoms with Gasteiger partial charge >= 0.3 is 0 Å². The molecule has 0 spiro atoms. The SMILES string of the molecule is CC.CCCc1ccc(-c2cccc(-n3c4c(c5cc(-c6cccc(-c7ccc8c(c7)c7ccccc7n8-c7cccc(-c8ccc(C(C)CCC)c(-c9ccccc9C)c8)c7)c6)ccc53)C=CCC4)c2)cc1-c1ccccc1C. The highest BCUT2D eigenvalue weighted by molar-refractivity contribution is 6.10. The van der Waals surface area contributed by atoms with E-state index in [-0.39, 0.29) is 0 Å². The third kappa shape index (κ3) is 9.62. The molecule has 0 N–H and O–H groups in total. The van der Waals surface area contributed by atoms with Crippen molar-refractivity contribution in [2.75, 3.05) is 0 Å². The third-order valence-corrected chi connectivity index (χ3v) is 16.8. The summed E-state index contributed by atoms with van der Waals surface area (Å²) in [6.45, 7) is 15.4. The van der Waals surface area contributed by atoms with Gasteiger partial charge in [-0.05, 0) is 207 Å². The van der Waals surface area contributed by atoms with Gasteiger partial charge in [-0.2, -0.15) is 0 Å². The average molecular weight is 1040 g/mol. The van der Waals surface area contributed by atoms with Crippen LogP contribution in [-0.2, 0) is 12.8 Å². The van der Waals surface area contributed by atoms with Gasteiger partial charge in [-0.1, -0.05) is 205 Å². The molecule has 0 aliphatic heterocycles. The molecule has 2 heterocycles. The molecule has 0 radical (unpaired) electrons. The molecule has 0 saturated heterocycles. The minimum absolute atomic E-state index is 0.482. The van der Waals surface area contributed by atoms with Crippen molar-refractivity contribution in [1.82, 2.24) is 9.13 Å². The fourth-order valence-corrected chi connectivity index (χ4v) is 12.9. The molecule has 1 aliphatic rings. The summed E-state index contributed by atoms with van der Waals surface area (Å²) in [4.78, 5) is 0. The Morgan fingerprint density at radius 2 is 0.925 bits per heavy atom. The lowest BCUT2D eigenvalue weighted by Crippen LogP contribution is -2.03. The molecule has 0 amide bonds. The summed E-state index contributed by atoms with van der Waals surface area (Å²) >= 11 is 0. The molecule has 80 heavy (non-hydrogen) atoms. The number of benzene rings is 10. The molecule has 394 valence electrons. The van der Waals surface area contributed by atoms with Crippen molar-refractivity contribution in [2.24, 2.45) is 0 Å². The van der Waals surface area contributed by atoms with Gasteiger partial charge in [-0.25, -0.2) is 0 Å². The Hall–Kier alpha value is -8.72. The molecule has 2 heteroatoms. The summed E-state index contributed by atoms with van der Waals surface area (Å²) in [5.74, 6) is 0.482. The standard InChI is InChI=1S/C76H66N2.C2H6/c1-6-19-50(3)66-40-37-59(47-70(66)65-30-11-9-22-52(65)5)57-26-18-28-63(45-57)78-74-34-15-13-32-68(74)72-49-61(39-42-76(72)78)55-24-16-23-54(43-55)60-38-41-75-71(48-60)67-31-12-14-33-73(67)77(75)62-27-17-25-56(44-62)58-36-35-53(20-7-2)69(46-58)64-29-10-8-21-51(64)4;1-2/h8-13,15-18,21-32,34-50H,6-7,14,19-20,33H2,1-5H3;1-2H3. The van der Waals surface area contributed by atoms with Gasteiger partial charge in [0.25, 0.3) is 0 Å². The van der Waals surface area contributed by atoms with E-state index in [1.54, 1.807) is 0 Å². The van der Waals surface area contributed by atoms with Crippen LogP contribution in [0.15, 0.2) is 224 Å². The van der Waals surface area contributed by atoms with Gasteiger partial charge in [-0.3, -0.25) is 0 Å². The Bertz CT molecular complexity index is 4280. The van der Waals surface area contributed by atoms with Crippen molar-refractivity contribution < 1.29 is 0 Å². The van der Waals surface area contributed by atoms with Crippen LogP contribution >= 0.6 is 0 Å². The van der Waals surface area contributed by atoms with E-state index in [1.807, 2.05) is 13.8 Å². The summed E-state index contributed by atoms with van der Waals surface area (Å²) in [6, 6.07) is 82.4. The zero-order chi connectivity index (χ0) is 54.9. The van der Waals surface area contributed by atoms with E-state index in [9.17, 15) is 0 Å². The van der Waals surface area contributed by atoms with Crippen molar-refractivity contribution >= 4 is 38.8 Å². The summed E-state index contributed by atoms with van der Waals surface area (Å²) in [5, 5.41) is 3.80. The zero-order valence-electron chi connectivity index (χ0n) is 47.7. The number of rotatable bonds is 13. The van der Waals surface area contributed by atoms with Crippen LogP contribution in [0.2, 0.25) is 0 Å². The van der Waals surface area contributed by atoms with E-state index in [4.69, 9.17) is 0 Å². The first-order chi connectivity index (χ1) is 39.3. The minimum atomic E-state index is 0.482. The molecular formula is C78H72N2. The van der Waals surface area contributed by atoms with E-state index in [0.717, 1.165) is 31.4 Å². The Kier molecular flexibility index (Phi) is 14.7. The van der Waals surface area contributed by atoms with Crippen molar-refractivity contribution in [3.63, 3.8) is 0 Å². The van der Waals surface area contributed by atoms with Crippen LogP contribution in [0.25, 0.3) is 117 Å². The Labute approximate surface area is 474 Å². The predicted molar refractivity (Wildman–Crippen MR) is 346 cm³/mol. The van der Waals surface area contributed by atoms with Gasteiger partial charge in [0.2, 0.25) is 0 Å². The monoisotopic (exact) mass is 1040 g/mol. The highest BCUT2D eigenvalue weighted by atomic mass is 15.0. The van der Waals surface area contributed by atoms with Gasteiger partial charge in [0.15, 0.2) is 0 Å². The van der Waals surface area contributed by atoms with Gasteiger partial charge < -0.3 is 9.13 Å². The maximum Gasteiger partial charge on any atom is 0.0541 e. The van der Waals surface area contributed by atoms with Crippen molar-refractivity contribution in [1.29, 1.82) is 0 Å². The number of aromatic nitrogens is 2. The lowest BCUT2D eigenvalue weighted by atomic mass is 9.85. The van der Waals surface area contributed by atoms with Crippen LogP contribution in [0.4, 0.5) is 0 Å². The molecule has 10 aromatic carbocycles. The number of para-hydroxylation sites is 1. The number of hydrogen-bond donors (Lipinski definition) is 0. The summed E-state index contributed by atoms with van der Waals surface area (Å²) in [6.07, 6.45) is 11.3. The first-order valence-electron chi connectivity index (χ1n) is 29.4. The molecule has 2 nitrogen and oxygen atoms in total. The quantitative estimate of drug-likeness (QED) is 0.109. The molecule has 0 saturated carbocycles. The lowest BCUT2D eigenvalue weighted by Gasteiger charge is -2.19. The van der Waals surface area contributed by atoms with E-state index >= 15 is 0 Å². The largest absolute Gasteiger partial charge is 0.313 e. The van der Waals surface area contributed by atoms with Gasteiger partial charge in [0.1, 0.15) is 0 Å². The maximum absolute atomic E-state index is 2.53. The molecule has 0 bridgehead atoms. The molecule has 1 aliphatic carbocycles. The second-order valence-electron chi connectivity index (χ2n) is 21.9. The van der Waals surface area contributed by atoms with Crippen LogP contribution in [-0.4, -0.2) is 9.13 Å². The predicted octanol–water partition coefficient (Wildman–Crippen LogP) is 22.2. The molecule has 2 aromatic heterocycles. The number of allylic oxidation sites excluding steroid dienone is 1. The van der Waals surface area contributed by atoms with Crippen LogP contribution in [0, 0.1) is 13.8 Å². The average Bonchev–Trinajstić information content (AvgIpc) is 4.18. The van der Waals surface area contributed by atoms with Crippen LogP contribution in [0.3, 0.4) is 0 Å². The van der Waals surface area contributed by atoms with Crippen molar-refractivity contribution in [3.05, 3.63) is 258 Å². The Morgan fingerprint density at radius 3 is 1.59 bits per heavy atom. The second-order valence-corrected chi connectivity index (χ2v) is 21.9. The lowest BCUT2D eigenvalue weighted by molar-refractivity contribution is 0.666. The van der Waals surface area contributed by atoms with Crippen LogP contribution in [0.5, 0.6) is 0 Å². The van der Waals surface area contributed by atoms with E-state index in [0.29, 0.717) is 5.92 Å². The first kappa shape index (κ1) is 52.0. The molecule has 1 atom stereocenters. The Balaban J connectivity index is 0.00000315. The summed E-state index contributed by atoms with van der Waals surface area (Å²) in [7, 11) is 0. The fourth-order valence-electron chi connectivity index (χ4n) is 12.9. The zero-order valence-corrected chi connectivity index (χ0v) is 47.7. The molecular weight excluding hydrogens is 965 g/mol. The maximum atomic E-state index is 2.53. The van der Waals surface area contributed by atoms with Crippen LogP contribution in [0.1, 0.15) is 99.7 Å². The van der Waals surface area contributed by atoms with Crippen LogP contribution < -0.4 is 0 Å². The number of hydrogen-bond acceptors (Lipinski definition) is 0. The first-order valence-corrected chi connectivity index (χ1v) is 29.4. The molecule has 13 rings (SSSR count). The molecule has 0 fully saturated rings. The molecule has 1 unspecified atom stereocenters. The highest BCUT2D eigenvalue weighted by Crippen LogP contribution is 2.42. The number of aryl methyl sites for hydroxylation is 3. The number of fused-ring (bicyclic) bond motifs is 6.